The van der Waals surface area contributed by atoms with Crippen molar-refractivity contribution < 1.29 is 0 Å². The van der Waals surface area contributed by atoms with Gasteiger partial charge in [-0.25, -0.2) is 0 Å². The molecule has 2 aromatic carbocycles. The van der Waals surface area contributed by atoms with Gasteiger partial charge in [-0.05, 0) is 46.0 Å². The molecule has 0 fully saturated rings. The summed E-state index contributed by atoms with van der Waals surface area (Å²) >= 11 is 2.26. The summed E-state index contributed by atoms with van der Waals surface area (Å²) < 4.78 is 3.19. The third kappa shape index (κ3) is 1.96. The monoisotopic (exact) mass is 362 g/mol. The Bertz CT molecular complexity index is 760. The van der Waals surface area contributed by atoms with Crippen molar-refractivity contribution in [2.45, 2.75) is 0 Å². The molecule has 94 valence electrons. The van der Waals surface area contributed by atoms with Gasteiger partial charge in [0.05, 0.1) is 11.2 Å². The van der Waals surface area contributed by atoms with E-state index in [4.69, 9.17) is 0 Å². The van der Waals surface area contributed by atoms with Gasteiger partial charge in [-0.1, -0.05) is 30.3 Å². The topological polar surface area (TPSA) is 34.4 Å². The van der Waals surface area contributed by atoms with Gasteiger partial charge in [0.15, 0.2) is 0 Å². The average Bonchev–Trinajstić information content (AvgIpc) is 2.73. The number of benzene rings is 2. The SMILES string of the molecule is Cn1c(-c2ccc(I)cc2)c(N=O)c2ccccc21. The second-order valence-corrected chi connectivity index (χ2v) is 5.62. The van der Waals surface area contributed by atoms with Crippen LogP contribution in [-0.4, -0.2) is 4.57 Å². The summed E-state index contributed by atoms with van der Waals surface area (Å²) in [7, 11) is 1.96. The number of rotatable bonds is 2. The lowest BCUT2D eigenvalue weighted by Gasteiger charge is -2.05. The van der Waals surface area contributed by atoms with Crippen LogP contribution in [0, 0.1) is 8.48 Å². The van der Waals surface area contributed by atoms with E-state index in [1.165, 1.54) is 3.57 Å². The predicted molar refractivity (Wildman–Crippen MR) is 86.5 cm³/mol. The van der Waals surface area contributed by atoms with Crippen LogP contribution in [0.15, 0.2) is 53.7 Å². The Hall–Kier alpha value is -1.69. The second-order valence-electron chi connectivity index (χ2n) is 4.37. The predicted octanol–water partition coefficient (Wildman–Crippen LogP) is 4.85. The molecule has 4 heteroatoms. The first-order valence-electron chi connectivity index (χ1n) is 5.89. The van der Waals surface area contributed by atoms with Crippen molar-refractivity contribution in [3.63, 3.8) is 0 Å². The van der Waals surface area contributed by atoms with E-state index in [1.807, 2.05) is 60.1 Å². The van der Waals surface area contributed by atoms with Crippen molar-refractivity contribution in [1.29, 1.82) is 0 Å². The molecule has 0 saturated heterocycles. The van der Waals surface area contributed by atoms with E-state index in [2.05, 4.69) is 27.8 Å². The van der Waals surface area contributed by atoms with Gasteiger partial charge in [-0.3, -0.25) is 0 Å². The van der Waals surface area contributed by atoms with Crippen LogP contribution in [0.25, 0.3) is 22.2 Å². The van der Waals surface area contributed by atoms with Crippen molar-refractivity contribution in [3.05, 3.63) is 57.0 Å². The number of fused-ring (bicyclic) bond motifs is 1. The number of nitrogens with zero attached hydrogens (tertiary/aromatic N) is 2. The summed E-state index contributed by atoms with van der Waals surface area (Å²) in [4.78, 5) is 11.2. The highest BCUT2D eigenvalue weighted by atomic mass is 127. The molecule has 19 heavy (non-hydrogen) atoms. The van der Waals surface area contributed by atoms with E-state index in [9.17, 15) is 4.91 Å². The zero-order chi connectivity index (χ0) is 13.4. The fraction of sp³-hybridized carbons (Fsp3) is 0.0667. The van der Waals surface area contributed by atoms with Crippen LogP contribution in [-0.2, 0) is 7.05 Å². The minimum Gasteiger partial charge on any atom is -0.342 e. The van der Waals surface area contributed by atoms with Gasteiger partial charge in [-0.2, -0.15) is 0 Å². The number of aromatic nitrogens is 1. The molecule has 3 rings (SSSR count). The first-order valence-corrected chi connectivity index (χ1v) is 6.97. The standard InChI is InChI=1S/C15H11IN2O/c1-18-13-5-3-2-4-12(13)14(17-19)15(18)10-6-8-11(16)9-7-10/h2-9H,1H3. The summed E-state index contributed by atoms with van der Waals surface area (Å²) in [5.41, 5.74) is 3.41. The highest BCUT2D eigenvalue weighted by molar-refractivity contribution is 14.1. The van der Waals surface area contributed by atoms with Crippen LogP contribution >= 0.6 is 22.6 Å². The quantitative estimate of drug-likeness (QED) is 0.474. The summed E-state index contributed by atoms with van der Waals surface area (Å²) in [5, 5.41) is 4.14. The summed E-state index contributed by atoms with van der Waals surface area (Å²) in [6.45, 7) is 0. The normalized spacial score (nSPS) is 10.8. The minimum atomic E-state index is 0.513. The highest BCUT2D eigenvalue weighted by Gasteiger charge is 2.16. The third-order valence-electron chi connectivity index (χ3n) is 3.29. The molecular formula is C15H11IN2O. The molecule has 0 unspecified atom stereocenters. The lowest BCUT2D eigenvalue weighted by Crippen LogP contribution is -1.91. The van der Waals surface area contributed by atoms with Crippen LogP contribution < -0.4 is 0 Å². The molecule has 0 N–H and O–H groups in total. The molecular weight excluding hydrogens is 351 g/mol. The number of hydrogen-bond donors (Lipinski definition) is 0. The van der Waals surface area contributed by atoms with E-state index < -0.39 is 0 Å². The molecule has 0 aliphatic heterocycles. The Kier molecular flexibility index (Phi) is 3.10. The first-order chi connectivity index (χ1) is 9.22. The zero-order valence-corrected chi connectivity index (χ0v) is 12.5. The Morgan fingerprint density at radius 1 is 1.05 bits per heavy atom. The fourth-order valence-electron chi connectivity index (χ4n) is 2.40. The van der Waals surface area contributed by atoms with Crippen LogP contribution in [0.5, 0.6) is 0 Å². The van der Waals surface area contributed by atoms with E-state index in [-0.39, 0.29) is 0 Å². The summed E-state index contributed by atoms with van der Waals surface area (Å²) in [5.74, 6) is 0. The van der Waals surface area contributed by atoms with Crippen molar-refractivity contribution in [1.82, 2.24) is 4.57 Å². The maximum absolute atomic E-state index is 11.2. The third-order valence-corrected chi connectivity index (χ3v) is 4.01. The van der Waals surface area contributed by atoms with Gasteiger partial charge in [-0.15, -0.1) is 4.91 Å². The molecule has 0 aliphatic rings. The van der Waals surface area contributed by atoms with Crippen LogP contribution in [0.1, 0.15) is 0 Å². The summed E-state index contributed by atoms with van der Waals surface area (Å²) in [6.07, 6.45) is 0. The number of hydrogen-bond acceptors (Lipinski definition) is 2. The van der Waals surface area contributed by atoms with Crippen LogP contribution in [0.2, 0.25) is 0 Å². The molecule has 0 radical (unpaired) electrons. The maximum atomic E-state index is 11.2. The Labute approximate surface area is 124 Å². The number of nitroso groups, excluding NO2 is 1. The van der Waals surface area contributed by atoms with E-state index in [0.29, 0.717) is 5.69 Å². The second kappa shape index (κ2) is 4.77. The van der Waals surface area contributed by atoms with E-state index in [1.54, 1.807) is 0 Å². The van der Waals surface area contributed by atoms with E-state index in [0.717, 1.165) is 22.2 Å². The first kappa shape index (κ1) is 12.3. The smallest absolute Gasteiger partial charge is 0.141 e. The number of halogens is 1. The Morgan fingerprint density at radius 2 is 1.74 bits per heavy atom. The molecule has 0 amide bonds. The Morgan fingerprint density at radius 3 is 2.42 bits per heavy atom. The number of para-hydroxylation sites is 1. The molecule has 0 bridgehead atoms. The number of aryl methyl sites for hydroxylation is 1. The van der Waals surface area contributed by atoms with Gasteiger partial charge in [0.2, 0.25) is 0 Å². The van der Waals surface area contributed by atoms with Gasteiger partial charge >= 0.3 is 0 Å². The maximum Gasteiger partial charge on any atom is 0.141 e. The molecule has 1 aromatic heterocycles. The largest absolute Gasteiger partial charge is 0.342 e. The molecule has 0 spiro atoms. The minimum absolute atomic E-state index is 0.513. The lowest BCUT2D eigenvalue weighted by molar-refractivity contribution is 0.978. The van der Waals surface area contributed by atoms with Crippen molar-refractivity contribution in [2.24, 2.45) is 12.2 Å². The van der Waals surface area contributed by atoms with Crippen molar-refractivity contribution in [3.8, 4) is 11.3 Å². The average molecular weight is 362 g/mol. The fourth-order valence-corrected chi connectivity index (χ4v) is 2.76. The van der Waals surface area contributed by atoms with Gasteiger partial charge in [0.1, 0.15) is 5.69 Å². The summed E-state index contributed by atoms with van der Waals surface area (Å²) in [6, 6.07) is 15.9. The molecule has 1 heterocycles. The van der Waals surface area contributed by atoms with E-state index >= 15 is 0 Å². The van der Waals surface area contributed by atoms with Gasteiger partial charge in [0.25, 0.3) is 0 Å². The molecule has 0 atom stereocenters. The molecule has 0 aliphatic carbocycles. The van der Waals surface area contributed by atoms with Crippen LogP contribution in [0.4, 0.5) is 5.69 Å². The van der Waals surface area contributed by atoms with Crippen molar-refractivity contribution >= 4 is 39.2 Å². The van der Waals surface area contributed by atoms with Crippen LogP contribution in [0.3, 0.4) is 0 Å². The van der Waals surface area contributed by atoms with Crippen molar-refractivity contribution in [2.75, 3.05) is 0 Å². The molecule has 3 nitrogen and oxygen atoms in total. The molecule has 0 saturated carbocycles. The zero-order valence-electron chi connectivity index (χ0n) is 10.3. The Balaban J connectivity index is 2.37. The van der Waals surface area contributed by atoms with Gasteiger partial charge in [0, 0.05) is 21.6 Å². The molecule has 3 aromatic rings. The van der Waals surface area contributed by atoms with Gasteiger partial charge < -0.3 is 4.57 Å². The highest BCUT2D eigenvalue weighted by Crippen LogP contribution is 2.39. The lowest BCUT2D eigenvalue weighted by atomic mass is 10.1.